The molecule has 9 heteroatoms. The number of hydrogen-bond acceptors (Lipinski definition) is 5. The van der Waals surface area contributed by atoms with Crippen LogP contribution in [0, 0.1) is 29.0 Å². The van der Waals surface area contributed by atoms with Crippen LogP contribution >= 0.6 is 0 Å². The number of hydrogen-bond donors (Lipinski definition) is 2. The highest BCUT2D eigenvalue weighted by Gasteiger charge is 2.56. The van der Waals surface area contributed by atoms with Gasteiger partial charge in [-0.15, -0.1) is 0 Å². The Morgan fingerprint density at radius 3 is 2.46 bits per heavy atom. The number of piperazine rings is 1. The van der Waals surface area contributed by atoms with Crippen molar-refractivity contribution in [2.24, 2.45) is 28.2 Å². The average molecular weight is 679 g/mol. The highest BCUT2D eigenvalue weighted by Crippen LogP contribution is 2.61. The number of halogens is 1. The van der Waals surface area contributed by atoms with E-state index < -0.39 is 0 Å². The van der Waals surface area contributed by atoms with E-state index in [2.05, 4.69) is 55.4 Å². The number of ether oxygens (including phenoxy) is 1. The van der Waals surface area contributed by atoms with Gasteiger partial charge in [0.1, 0.15) is 17.4 Å². The van der Waals surface area contributed by atoms with Crippen LogP contribution in [-0.4, -0.2) is 59.2 Å². The van der Waals surface area contributed by atoms with Crippen LogP contribution in [0.2, 0.25) is 0 Å². The summed E-state index contributed by atoms with van der Waals surface area (Å²) in [6.07, 6.45) is 4.39. The first-order valence-corrected chi connectivity index (χ1v) is 18.3. The van der Waals surface area contributed by atoms with E-state index in [0.29, 0.717) is 53.6 Å². The summed E-state index contributed by atoms with van der Waals surface area (Å²) in [5, 5.41) is 7.86. The molecule has 0 amide bonds. The van der Waals surface area contributed by atoms with E-state index in [1.54, 1.807) is 23.8 Å². The fourth-order valence-electron chi connectivity index (χ4n) is 8.60. The van der Waals surface area contributed by atoms with Crippen LogP contribution in [0.1, 0.15) is 57.5 Å². The molecule has 2 N–H and O–H groups in total. The molecule has 1 unspecified atom stereocenters. The molecule has 1 aliphatic heterocycles. The van der Waals surface area contributed by atoms with Crippen LogP contribution in [0.25, 0.3) is 10.9 Å². The van der Waals surface area contributed by atoms with Crippen molar-refractivity contribution in [2.75, 3.05) is 32.1 Å². The van der Waals surface area contributed by atoms with Gasteiger partial charge in [-0.3, -0.25) is 9.36 Å². The molecule has 4 aromatic rings. The molecule has 3 aromatic carbocycles. The summed E-state index contributed by atoms with van der Waals surface area (Å²) in [6, 6.07) is 21.0. The minimum Gasteiger partial charge on any atom is -0.497 e. The maximum atomic E-state index is 14.1. The Bertz CT molecular complexity index is 1900. The lowest BCUT2D eigenvalue weighted by molar-refractivity contribution is -0.108. The quantitative estimate of drug-likeness (QED) is 0.151. The second kappa shape index (κ2) is 14.2. The normalized spacial score (nSPS) is 24.6. The third-order valence-corrected chi connectivity index (χ3v) is 11.9. The third-order valence-electron chi connectivity index (χ3n) is 11.9. The molecule has 1 aromatic heterocycles. The highest BCUT2D eigenvalue weighted by atomic mass is 19.1. The number of nitrogens with one attached hydrogen (secondary N) is 2. The number of aryl methyl sites for hydroxylation is 3. The number of guanidine groups is 1. The molecule has 2 heterocycles. The fourth-order valence-corrected chi connectivity index (χ4v) is 8.60. The predicted molar refractivity (Wildman–Crippen MR) is 200 cm³/mol. The van der Waals surface area contributed by atoms with Crippen LogP contribution in [0.3, 0.4) is 0 Å². The Hall–Kier alpha value is -4.24. The molecule has 0 spiro atoms. The van der Waals surface area contributed by atoms with E-state index in [1.165, 1.54) is 18.6 Å². The number of nitrogens with zero attached hydrogens (tertiary/aromatic N) is 4. The topological polar surface area (TPSA) is 83.8 Å². The monoisotopic (exact) mass is 678 g/mol. The first kappa shape index (κ1) is 34.2. The van der Waals surface area contributed by atoms with E-state index in [9.17, 15) is 9.18 Å². The Morgan fingerprint density at radius 2 is 1.76 bits per heavy atom. The second-order valence-corrected chi connectivity index (χ2v) is 15.3. The standard InChI is InChI=1S/C41H51FN6O2/c1-26-25-47(21-19-43-26)40(46-36-23-30-22-35(27(36)2)41(30,3)4)44-32-13-16-34-37(24-32)45-38(17-10-28-8-14-33(50-5)15-9-28)48(39(34)49)20-18-29-6-11-31(42)12-7-29/h6-9,11-16,24,26-27,30,35-36,43H,10,17-23,25H2,1-5H3,(H,44,46)/t26-,27-,30+,35-,36?/m0/s1. The lowest BCUT2D eigenvalue weighted by Gasteiger charge is -2.61. The van der Waals surface area contributed by atoms with E-state index in [-0.39, 0.29) is 17.4 Å². The molecule has 3 saturated carbocycles. The minimum absolute atomic E-state index is 0.0592. The summed E-state index contributed by atoms with van der Waals surface area (Å²) in [6.45, 7) is 12.6. The summed E-state index contributed by atoms with van der Waals surface area (Å²) in [5.74, 6) is 4.17. The minimum atomic E-state index is -0.267. The molecule has 4 fully saturated rings. The van der Waals surface area contributed by atoms with Gasteiger partial charge >= 0.3 is 0 Å². The van der Waals surface area contributed by atoms with Gasteiger partial charge in [0, 0.05) is 44.3 Å². The summed E-state index contributed by atoms with van der Waals surface area (Å²) in [4.78, 5) is 27.1. The zero-order valence-electron chi connectivity index (χ0n) is 30.1. The Kier molecular flexibility index (Phi) is 9.70. The zero-order chi connectivity index (χ0) is 35.0. The number of benzene rings is 3. The number of methoxy groups -OCH3 is 1. The molecule has 8 rings (SSSR count). The maximum Gasteiger partial charge on any atom is 0.261 e. The van der Waals surface area contributed by atoms with Gasteiger partial charge in [0.15, 0.2) is 5.96 Å². The summed E-state index contributed by atoms with van der Waals surface area (Å²) in [7, 11) is 1.66. The van der Waals surface area contributed by atoms with Crippen molar-refractivity contribution < 1.29 is 9.13 Å². The number of fused-ring (bicyclic) bond motifs is 3. The average Bonchev–Trinajstić information content (AvgIpc) is 3.11. The van der Waals surface area contributed by atoms with Crippen molar-refractivity contribution in [1.82, 2.24) is 19.8 Å². The fraction of sp³-hybridized carbons (Fsp3) is 0.488. The van der Waals surface area contributed by atoms with Crippen molar-refractivity contribution in [3.8, 4) is 5.75 Å². The molecule has 50 heavy (non-hydrogen) atoms. The molecule has 1 saturated heterocycles. The number of rotatable bonds is 9. The summed E-state index contributed by atoms with van der Waals surface area (Å²) < 4.78 is 20.7. The smallest absolute Gasteiger partial charge is 0.261 e. The molecule has 2 bridgehead atoms. The van der Waals surface area contributed by atoms with Gasteiger partial charge < -0.3 is 20.3 Å². The van der Waals surface area contributed by atoms with E-state index in [4.69, 9.17) is 14.7 Å². The first-order valence-electron chi connectivity index (χ1n) is 18.3. The van der Waals surface area contributed by atoms with E-state index in [1.807, 2.05) is 30.3 Å². The molecular formula is C41H51FN6O2. The third kappa shape index (κ3) is 7.02. The first-order chi connectivity index (χ1) is 24.1. The Morgan fingerprint density at radius 1 is 1.02 bits per heavy atom. The molecule has 8 nitrogen and oxygen atoms in total. The number of aromatic nitrogens is 2. The van der Waals surface area contributed by atoms with Crippen LogP contribution in [0.4, 0.5) is 10.1 Å². The summed E-state index contributed by atoms with van der Waals surface area (Å²) in [5.41, 5.74) is 4.02. The van der Waals surface area contributed by atoms with Crippen molar-refractivity contribution in [3.63, 3.8) is 0 Å². The number of anilines is 1. The highest BCUT2D eigenvalue weighted by molar-refractivity contribution is 5.96. The molecule has 0 radical (unpaired) electrons. The van der Waals surface area contributed by atoms with Crippen LogP contribution in [0.15, 0.2) is 76.5 Å². The Labute approximate surface area is 295 Å². The van der Waals surface area contributed by atoms with Crippen LogP contribution in [-0.2, 0) is 25.8 Å². The van der Waals surface area contributed by atoms with Crippen LogP contribution < -0.4 is 20.9 Å². The zero-order valence-corrected chi connectivity index (χ0v) is 30.1. The second-order valence-electron chi connectivity index (χ2n) is 15.3. The van der Waals surface area contributed by atoms with E-state index >= 15 is 0 Å². The Balaban J connectivity index is 1.20. The van der Waals surface area contributed by atoms with Gasteiger partial charge in [-0.1, -0.05) is 45.0 Å². The van der Waals surface area contributed by atoms with Crippen molar-refractivity contribution in [3.05, 3.63) is 99.9 Å². The van der Waals surface area contributed by atoms with Gasteiger partial charge in [-0.25, -0.2) is 14.4 Å². The molecule has 3 aliphatic carbocycles. The van der Waals surface area contributed by atoms with Crippen molar-refractivity contribution in [1.29, 1.82) is 0 Å². The lowest BCUT2D eigenvalue weighted by atomic mass is 9.45. The van der Waals surface area contributed by atoms with Gasteiger partial charge in [0.25, 0.3) is 5.56 Å². The van der Waals surface area contributed by atoms with Gasteiger partial charge in [0.05, 0.1) is 24.1 Å². The largest absolute Gasteiger partial charge is 0.497 e. The molecule has 4 aliphatic rings. The van der Waals surface area contributed by atoms with Crippen LogP contribution in [0.5, 0.6) is 5.75 Å². The van der Waals surface area contributed by atoms with Gasteiger partial charge in [-0.05, 0) is 109 Å². The van der Waals surface area contributed by atoms with Gasteiger partial charge in [-0.2, -0.15) is 0 Å². The molecular weight excluding hydrogens is 627 g/mol. The van der Waals surface area contributed by atoms with E-state index in [0.717, 1.165) is 72.7 Å². The molecule has 5 atom stereocenters. The SMILES string of the molecule is COc1ccc(CCc2nc3cc(NC(=NC4C[C@H]5C[C@@H]([C@@H]4C)C5(C)C)N4CCN[C@@H](C)C4)ccc3c(=O)n2CCc2ccc(F)cc2)cc1. The lowest BCUT2D eigenvalue weighted by Crippen LogP contribution is -2.57. The molecule has 264 valence electrons. The van der Waals surface area contributed by atoms with Gasteiger partial charge in [0.2, 0.25) is 0 Å². The van der Waals surface area contributed by atoms with Crippen molar-refractivity contribution in [2.45, 2.75) is 78.4 Å². The van der Waals surface area contributed by atoms with Crippen molar-refractivity contribution >= 4 is 22.5 Å². The summed E-state index contributed by atoms with van der Waals surface area (Å²) >= 11 is 0. The predicted octanol–water partition coefficient (Wildman–Crippen LogP) is 6.70. The number of aliphatic imine (C=N–C) groups is 1. The maximum absolute atomic E-state index is 14.1.